The van der Waals surface area contributed by atoms with Gasteiger partial charge in [-0.25, -0.2) is 28.4 Å². The van der Waals surface area contributed by atoms with Crippen LogP contribution >= 0.6 is 190 Å². The summed E-state index contributed by atoms with van der Waals surface area (Å²) in [6.45, 7) is 11.1. The molecule has 0 unspecified atom stereocenters. The van der Waals surface area contributed by atoms with E-state index in [-0.39, 0.29) is 29.5 Å². The van der Waals surface area contributed by atoms with Crippen molar-refractivity contribution in [1.29, 1.82) is 0 Å². The van der Waals surface area contributed by atoms with Gasteiger partial charge in [0.15, 0.2) is 12.6 Å². The van der Waals surface area contributed by atoms with Gasteiger partial charge in [-0.2, -0.15) is 0 Å². The number of benzene rings is 12. The number of carbonyl (C=O) groups is 8. The van der Waals surface area contributed by atoms with E-state index in [0.29, 0.717) is 196 Å². The highest BCUT2D eigenvalue weighted by Gasteiger charge is 2.25. The number of aromatic nitrogens is 2. The Kier molecular flexibility index (Phi) is 48.3. The van der Waals surface area contributed by atoms with Gasteiger partial charge in [0, 0.05) is 112 Å². The summed E-state index contributed by atoms with van der Waals surface area (Å²) in [7, 11) is 5.04. The summed E-state index contributed by atoms with van der Waals surface area (Å²) < 4.78 is 66.7. The van der Waals surface area contributed by atoms with Crippen LogP contribution in [0.2, 0.25) is 75.3 Å². The van der Waals surface area contributed by atoms with E-state index >= 15 is 0 Å². The minimum Gasteiger partial charge on any atom is -0.508 e. The van der Waals surface area contributed by atoms with Gasteiger partial charge in [-0.1, -0.05) is 224 Å². The average molecular weight is 2340 g/mol. The highest BCUT2D eigenvalue weighted by molar-refractivity contribution is 9.08. The summed E-state index contributed by atoms with van der Waals surface area (Å²) in [4.78, 5) is 99.0. The van der Waals surface area contributed by atoms with Crippen molar-refractivity contribution in [2.24, 2.45) is 10.2 Å². The number of esters is 6. The first-order chi connectivity index (χ1) is 68.6. The maximum absolute atomic E-state index is 12.7. The minimum atomic E-state index is -0.784. The molecule has 14 aromatic rings. The molecule has 0 spiro atoms. The Morgan fingerprint density at radius 3 is 1.23 bits per heavy atom. The molecule has 0 aliphatic rings. The summed E-state index contributed by atoms with van der Waals surface area (Å²) >= 11 is 91.8. The van der Waals surface area contributed by atoms with E-state index in [1.165, 1.54) is 64.8 Å². The Hall–Kier alpha value is -12.0. The van der Waals surface area contributed by atoms with Gasteiger partial charge in [-0.05, 0) is 228 Å². The van der Waals surface area contributed by atoms with Gasteiger partial charge in [0.2, 0.25) is 0 Å². The number of nitrogens with zero attached hydrogens (tertiary/aromatic N) is 7. The lowest BCUT2D eigenvalue weighted by Crippen LogP contribution is -2.23. The van der Waals surface area contributed by atoms with E-state index < -0.39 is 46.9 Å². The Labute approximate surface area is 913 Å². The van der Waals surface area contributed by atoms with Crippen LogP contribution in [-0.4, -0.2) is 109 Å². The second-order valence-corrected chi connectivity index (χ2v) is 37.6. The number of H-pyrrole nitrogens is 1. The van der Waals surface area contributed by atoms with Gasteiger partial charge in [0.05, 0.1) is 112 Å². The third-order valence-electron chi connectivity index (χ3n) is 18.0. The molecule has 0 aliphatic carbocycles. The summed E-state index contributed by atoms with van der Waals surface area (Å²) in [5.74, 6) is 0.0363. The number of hydrogen-bond donors (Lipinski definition) is 2. The molecular formula is C101H79BrCl15FN8O19. The molecular weight excluding hydrogens is 2260 g/mol. The van der Waals surface area contributed by atoms with Crippen LogP contribution in [-0.2, 0) is 49.9 Å². The fourth-order valence-electron chi connectivity index (χ4n) is 11.4. The number of aromatic amines is 1. The molecule has 756 valence electrons. The zero-order chi connectivity index (χ0) is 107. The number of rotatable bonds is 22. The zero-order valence-electron chi connectivity index (χ0n) is 77.1. The van der Waals surface area contributed by atoms with E-state index in [1.54, 1.807) is 174 Å². The molecule has 0 bridgehead atoms. The Morgan fingerprint density at radius 2 is 0.828 bits per heavy atom. The number of halogens is 17. The SMILES string of the molecule is CC(C)(C)OC(=O)c1ccc(CBr)cc1.COC(=O)/C(=C/c1ccc(Cl)cc1Oc1ccc(Cl)c(Cl)c1)N=[N+]=[N-].COC(=O)CN=[N+]=[N-].COC(=O)c1cc2c(Oc3ccc(Cl)c(Cl)c3)cc(Cl)cc2[nH]1.COC(=O)c1cc2c(Oc3ccc(Cl)c(Cl)c3)cc(Cl)cc2n1Cc1ccc(C(=O)OC(C)(C)C)cc1.O=Cc1ccc(Cl)cc1F.O=Cc1ccc(Cl)cc1Oc1ccc(Cl)c(Cl)c1.Oc1ccc(Cl)c(Cl)c1. The van der Waals surface area contributed by atoms with Gasteiger partial charge >= 0.3 is 35.8 Å². The maximum atomic E-state index is 12.7. The van der Waals surface area contributed by atoms with Gasteiger partial charge < -0.3 is 62.0 Å². The van der Waals surface area contributed by atoms with Gasteiger partial charge in [0.1, 0.15) is 92.4 Å². The van der Waals surface area contributed by atoms with E-state index in [0.717, 1.165) is 22.5 Å². The van der Waals surface area contributed by atoms with Crippen molar-refractivity contribution >= 4 is 266 Å². The van der Waals surface area contributed by atoms with Crippen molar-refractivity contribution in [3.8, 4) is 51.7 Å². The first-order valence-corrected chi connectivity index (χ1v) is 48.0. The van der Waals surface area contributed by atoms with Crippen LogP contribution in [0.15, 0.2) is 246 Å². The minimum absolute atomic E-state index is 0.0319. The molecule has 0 atom stereocenters. The van der Waals surface area contributed by atoms with Crippen molar-refractivity contribution in [1.82, 2.24) is 9.55 Å². The molecule has 0 radical (unpaired) electrons. The highest BCUT2D eigenvalue weighted by atomic mass is 79.9. The van der Waals surface area contributed by atoms with Crippen LogP contribution in [0.25, 0.3) is 48.8 Å². The molecule has 2 aromatic heterocycles. The second-order valence-electron chi connectivity index (χ2n) is 30.8. The molecule has 145 heavy (non-hydrogen) atoms. The first kappa shape index (κ1) is 120. The first-order valence-electron chi connectivity index (χ1n) is 41.2. The number of alkyl halides is 1. The Bertz CT molecular complexity index is 7160. The normalized spacial score (nSPS) is 10.5. The summed E-state index contributed by atoms with van der Waals surface area (Å²) in [5.41, 5.74) is 20.8. The zero-order valence-corrected chi connectivity index (χ0v) is 90.1. The number of phenolic OH excluding ortho intramolecular Hbond substituents is 1. The lowest BCUT2D eigenvalue weighted by molar-refractivity contribution is -0.139. The van der Waals surface area contributed by atoms with E-state index in [1.807, 2.05) is 65.8 Å². The molecule has 2 N–H and O–H groups in total. The van der Waals surface area contributed by atoms with Crippen molar-refractivity contribution < 1.29 is 95.2 Å². The third kappa shape index (κ3) is 39.1. The summed E-state index contributed by atoms with van der Waals surface area (Å²) in [6, 6.07) is 61.7. The molecule has 0 saturated carbocycles. The number of hydrogen-bond acceptors (Lipinski definition) is 21. The molecule has 0 amide bonds. The summed E-state index contributed by atoms with van der Waals surface area (Å²) in [6.07, 6.45) is 2.48. The Morgan fingerprint density at radius 1 is 0.421 bits per heavy atom. The van der Waals surface area contributed by atoms with Crippen LogP contribution in [0.5, 0.6) is 51.7 Å². The third-order valence-corrected chi connectivity index (χ3v) is 23.4. The molecule has 0 saturated heterocycles. The van der Waals surface area contributed by atoms with E-state index in [2.05, 4.69) is 50.4 Å². The summed E-state index contributed by atoms with van der Waals surface area (Å²) in [5, 5.41) is 23.2. The number of phenols is 1. The largest absolute Gasteiger partial charge is 0.508 e. The van der Waals surface area contributed by atoms with Crippen LogP contribution in [0.4, 0.5) is 4.39 Å². The monoisotopic (exact) mass is 2330 g/mol. The number of aromatic hydroxyl groups is 1. The van der Waals surface area contributed by atoms with E-state index in [4.69, 9.17) is 228 Å². The van der Waals surface area contributed by atoms with Crippen LogP contribution < -0.4 is 18.9 Å². The van der Waals surface area contributed by atoms with Crippen molar-refractivity contribution in [3.63, 3.8) is 0 Å². The average Bonchev–Trinajstić information content (AvgIpc) is 1.61. The number of aldehydes is 2. The van der Waals surface area contributed by atoms with Crippen LogP contribution in [0.3, 0.4) is 0 Å². The van der Waals surface area contributed by atoms with Crippen LogP contribution in [0, 0.1) is 5.82 Å². The highest BCUT2D eigenvalue weighted by Crippen LogP contribution is 2.42. The molecule has 2 heterocycles. The second kappa shape index (κ2) is 58.4. The fraction of sp³-hybridized carbons (Fsp3) is 0.149. The number of nitrogens with one attached hydrogen (secondary N) is 1. The number of carbonyl (C=O) groups excluding carboxylic acids is 8. The van der Waals surface area contributed by atoms with Gasteiger partial charge in [0.25, 0.3) is 0 Å². The lowest BCUT2D eigenvalue weighted by Gasteiger charge is -2.19. The molecule has 0 aliphatic heterocycles. The topological polar surface area (TPSA) is 367 Å². The van der Waals surface area contributed by atoms with Gasteiger partial charge in [-0.15, -0.1) is 0 Å². The van der Waals surface area contributed by atoms with E-state index in [9.17, 15) is 42.7 Å². The molecule has 12 aromatic carbocycles. The number of methoxy groups -OCH3 is 4. The molecule has 27 nitrogen and oxygen atoms in total. The predicted octanol–water partition coefficient (Wildman–Crippen LogP) is 34.4. The van der Waals surface area contributed by atoms with Crippen molar-refractivity contribution in [2.45, 2.75) is 64.6 Å². The van der Waals surface area contributed by atoms with Crippen LogP contribution in [0.1, 0.15) is 121 Å². The lowest BCUT2D eigenvalue weighted by atomic mass is 10.1. The fourth-order valence-corrected chi connectivity index (χ4v) is 14.1. The standard InChI is InChI=1S/C28H24Cl3NO5.C16H10Cl3N3O3.C16H10Cl3NO3.C13H7Cl3O2.C12H15BrO2.C7H4ClFO.C6H4Cl2O.C3H5N3O2/c1-28(2,3)37-26(33)17-7-5-16(6-8-17)15-32-23-11-18(29)12-25(20(23)14-24(32)27(34)35-4)36-19-9-10-21(30)22(31)13-19;1-24-16(23)14(21-22-20)6-9-2-3-10(17)7-15(9)25-11-4-5-12(18)13(19)8-11;1-22-16(21)14-7-10-13(20-14)4-8(17)5-15(10)23-9-2-3-11(18)12(19)6-9;14-9-2-1-8(7-17)13(5-9)18-10-3-4-11(15)12(16)6-10;1-12(2,3)15-11(14)10-6-4-9(8-13)5-7-10;8-6-2-1-5(4-10)7(9)3-6;7-5-2-1-4(9)3-6(5)8;1-8-3(7)2-5-6-4/h5-14H,15H2,1-4H3;2-8H,1H3;2-7,20H,1H3;1-7H;4-7H,8H2,1-3H3;1-4H;1-3,9H;2H2,1H3/b;14-6-;;;;;;. The quantitative estimate of drug-likeness (QED) is 0.00930. The Balaban J connectivity index is 0.000000236. The van der Waals surface area contributed by atoms with Gasteiger partial charge in [-0.3, -0.25) is 14.4 Å². The predicted molar refractivity (Wildman–Crippen MR) is 572 cm³/mol. The number of fused-ring (bicyclic) bond motifs is 2. The maximum Gasteiger partial charge on any atom is 0.354 e. The number of ether oxygens (including phenoxy) is 10. The molecule has 0 fully saturated rings. The molecule has 14 rings (SSSR count). The van der Waals surface area contributed by atoms with Crippen molar-refractivity contribution in [3.05, 3.63) is 389 Å². The number of azide groups is 2. The molecule has 44 heteroatoms. The smallest absolute Gasteiger partial charge is 0.354 e. The van der Waals surface area contributed by atoms with Crippen molar-refractivity contribution in [2.75, 3.05) is 35.0 Å².